The first-order valence-corrected chi connectivity index (χ1v) is 7.66. The summed E-state index contributed by atoms with van der Waals surface area (Å²) in [6.07, 6.45) is 2.52. The van der Waals surface area contributed by atoms with E-state index in [2.05, 4.69) is 10.6 Å². The van der Waals surface area contributed by atoms with Crippen LogP contribution in [-0.4, -0.2) is 41.9 Å². The Morgan fingerprint density at radius 3 is 2.43 bits per heavy atom. The van der Waals surface area contributed by atoms with E-state index in [1.807, 2.05) is 27.7 Å². The molecular formula is C15H28N2O4. The fraction of sp³-hybridized carbons (Fsp3) is 0.867. The van der Waals surface area contributed by atoms with E-state index in [1.54, 1.807) is 0 Å². The van der Waals surface area contributed by atoms with Crippen molar-refractivity contribution in [3.05, 3.63) is 0 Å². The largest absolute Gasteiger partial charge is 0.481 e. The van der Waals surface area contributed by atoms with Gasteiger partial charge in [-0.3, -0.25) is 4.79 Å². The molecule has 6 nitrogen and oxygen atoms in total. The number of rotatable bonds is 6. The number of amides is 2. The Kier molecular flexibility index (Phi) is 6.01. The van der Waals surface area contributed by atoms with Crippen molar-refractivity contribution in [2.45, 2.75) is 65.0 Å². The molecule has 1 aliphatic rings. The Balaban J connectivity index is 2.48. The highest BCUT2D eigenvalue weighted by Gasteiger charge is 2.35. The van der Waals surface area contributed by atoms with Crippen molar-refractivity contribution in [2.75, 3.05) is 13.2 Å². The molecule has 1 atom stereocenters. The molecule has 0 spiro atoms. The molecule has 1 heterocycles. The Bertz CT molecular complexity index is 378. The zero-order valence-corrected chi connectivity index (χ0v) is 13.5. The van der Waals surface area contributed by atoms with E-state index >= 15 is 0 Å². The second kappa shape index (κ2) is 7.11. The van der Waals surface area contributed by atoms with Crippen LogP contribution in [0.2, 0.25) is 0 Å². The monoisotopic (exact) mass is 300 g/mol. The molecule has 2 amide bonds. The van der Waals surface area contributed by atoms with Gasteiger partial charge in [-0.15, -0.1) is 0 Å². The van der Waals surface area contributed by atoms with Crippen LogP contribution in [0.4, 0.5) is 4.79 Å². The number of nitrogens with one attached hydrogen (secondary N) is 2. The topological polar surface area (TPSA) is 87.7 Å². The Labute approximate surface area is 126 Å². The lowest BCUT2D eigenvalue weighted by molar-refractivity contribution is -0.149. The average Bonchev–Trinajstić information content (AvgIpc) is 2.39. The zero-order chi connectivity index (χ0) is 16.1. The molecule has 6 heteroatoms. The normalized spacial score (nSPS) is 21.6. The highest BCUT2D eigenvalue weighted by atomic mass is 16.5. The van der Waals surface area contributed by atoms with Gasteiger partial charge in [-0.25, -0.2) is 4.79 Å². The maximum atomic E-state index is 12.0. The molecule has 0 radical (unpaired) electrons. The highest BCUT2D eigenvalue weighted by Crippen LogP contribution is 2.26. The minimum atomic E-state index is -0.883. The molecule has 1 saturated heterocycles. The number of ether oxygens (including phenoxy) is 1. The number of carbonyl (C=O) groups excluding carboxylic acids is 1. The van der Waals surface area contributed by atoms with Gasteiger partial charge in [0.15, 0.2) is 0 Å². The summed E-state index contributed by atoms with van der Waals surface area (Å²) in [5.41, 5.74) is -1.11. The minimum absolute atomic E-state index is 0.0660. The molecule has 3 N–H and O–H groups in total. The fourth-order valence-electron chi connectivity index (χ4n) is 2.72. The van der Waals surface area contributed by atoms with Gasteiger partial charge in [-0.05, 0) is 39.5 Å². The van der Waals surface area contributed by atoms with Gasteiger partial charge in [0, 0.05) is 19.2 Å². The summed E-state index contributed by atoms with van der Waals surface area (Å²) in [5, 5.41) is 15.0. The van der Waals surface area contributed by atoms with Crippen molar-refractivity contribution in [3.63, 3.8) is 0 Å². The standard InChI is InChI=1S/C15H28N2O4/c1-5-15(6-2,12(18)19)10-16-13(20)17-11-7-8-21-14(3,4)9-11/h11H,5-10H2,1-4H3,(H,18,19)(H2,16,17,20). The summed E-state index contributed by atoms with van der Waals surface area (Å²) in [4.78, 5) is 23.4. The molecule has 0 aromatic heterocycles. The van der Waals surface area contributed by atoms with Gasteiger partial charge >= 0.3 is 12.0 Å². The van der Waals surface area contributed by atoms with Crippen molar-refractivity contribution in [1.29, 1.82) is 0 Å². The van der Waals surface area contributed by atoms with E-state index in [0.29, 0.717) is 19.4 Å². The van der Waals surface area contributed by atoms with E-state index in [4.69, 9.17) is 4.74 Å². The SMILES string of the molecule is CCC(CC)(CNC(=O)NC1CCOC(C)(C)C1)C(=O)O. The molecule has 1 fully saturated rings. The summed E-state index contributed by atoms with van der Waals surface area (Å²) in [7, 11) is 0. The summed E-state index contributed by atoms with van der Waals surface area (Å²) in [5.74, 6) is -0.861. The molecule has 0 aliphatic carbocycles. The number of hydrogen-bond acceptors (Lipinski definition) is 3. The van der Waals surface area contributed by atoms with Crippen LogP contribution >= 0.6 is 0 Å². The molecule has 21 heavy (non-hydrogen) atoms. The van der Waals surface area contributed by atoms with Gasteiger partial charge in [0.1, 0.15) is 0 Å². The first-order valence-electron chi connectivity index (χ1n) is 7.66. The van der Waals surface area contributed by atoms with Crippen LogP contribution in [0.25, 0.3) is 0 Å². The molecule has 0 bridgehead atoms. The van der Waals surface area contributed by atoms with Crippen molar-refractivity contribution in [3.8, 4) is 0 Å². The molecule has 0 saturated carbocycles. The third-order valence-corrected chi connectivity index (χ3v) is 4.43. The lowest BCUT2D eigenvalue weighted by Gasteiger charge is -2.36. The highest BCUT2D eigenvalue weighted by molar-refractivity contribution is 5.78. The van der Waals surface area contributed by atoms with Crippen molar-refractivity contribution in [1.82, 2.24) is 10.6 Å². The number of carboxylic acids is 1. The Hall–Kier alpha value is -1.30. The summed E-state index contributed by atoms with van der Waals surface area (Å²) in [6, 6.07) is -0.235. The molecule has 122 valence electrons. The Morgan fingerprint density at radius 2 is 1.95 bits per heavy atom. The van der Waals surface area contributed by atoms with Gasteiger partial charge in [0.2, 0.25) is 0 Å². The fourth-order valence-corrected chi connectivity index (χ4v) is 2.72. The van der Waals surface area contributed by atoms with Gasteiger partial charge in [-0.2, -0.15) is 0 Å². The van der Waals surface area contributed by atoms with Gasteiger partial charge in [0.25, 0.3) is 0 Å². The lowest BCUT2D eigenvalue weighted by Crippen LogP contribution is -2.51. The van der Waals surface area contributed by atoms with E-state index in [9.17, 15) is 14.7 Å². The van der Waals surface area contributed by atoms with Gasteiger partial charge in [0.05, 0.1) is 11.0 Å². The first-order chi connectivity index (χ1) is 9.74. The molecule has 1 aliphatic heterocycles. The van der Waals surface area contributed by atoms with Crippen LogP contribution in [0.15, 0.2) is 0 Å². The van der Waals surface area contributed by atoms with E-state index in [1.165, 1.54) is 0 Å². The predicted molar refractivity (Wildman–Crippen MR) is 80.2 cm³/mol. The van der Waals surface area contributed by atoms with Crippen molar-refractivity contribution >= 4 is 12.0 Å². The number of hydrogen-bond donors (Lipinski definition) is 3. The molecule has 1 unspecified atom stereocenters. The van der Waals surface area contributed by atoms with Crippen molar-refractivity contribution < 1.29 is 19.4 Å². The molecule has 0 aromatic rings. The third kappa shape index (κ3) is 4.88. The van der Waals surface area contributed by atoms with Gasteiger partial charge in [-0.1, -0.05) is 13.8 Å². The lowest BCUT2D eigenvalue weighted by atomic mass is 9.82. The number of carboxylic acid groups (broad SMARTS) is 1. The summed E-state index contributed by atoms with van der Waals surface area (Å²) >= 11 is 0. The van der Waals surface area contributed by atoms with Crippen molar-refractivity contribution in [2.24, 2.45) is 5.41 Å². The van der Waals surface area contributed by atoms with Crippen LogP contribution in [0.3, 0.4) is 0 Å². The molecule has 1 rings (SSSR count). The summed E-state index contributed by atoms with van der Waals surface area (Å²) in [6.45, 7) is 8.44. The number of aliphatic carboxylic acids is 1. The summed E-state index contributed by atoms with van der Waals surface area (Å²) < 4.78 is 5.61. The van der Waals surface area contributed by atoms with Crippen LogP contribution in [0.1, 0.15) is 53.4 Å². The smallest absolute Gasteiger partial charge is 0.315 e. The molecule has 0 aromatic carbocycles. The first kappa shape index (κ1) is 17.8. The second-order valence-electron chi connectivity index (χ2n) is 6.42. The van der Waals surface area contributed by atoms with E-state index < -0.39 is 11.4 Å². The third-order valence-electron chi connectivity index (χ3n) is 4.43. The van der Waals surface area contributed by atoms with Crippen LogP contribution < -0.4 is 10.6 Å². The predicted octanol–water partition coefficient (Wildman–Crippen LogP) is 2.13. The maximum absolute atomic E-state index is 12.0. The van der Waals surface area contributed by atoms with Crippen LogP contribution in [0.5, 0.6) is 0 Å². The van der Waals surface area contributed by atoms with Gasteiger partial charge < -0.3 is 20.5 Å². The quantitative estimate of drug-likeness (QED) is 0.701. The minimum Gasteiger partial charge on any atom is -0.481 e. The maximum Gasteiger partial charge on any atom is 0.315 e. The second-order valence-corrected chi connectivity index (χ2v) is 6.42. The zero-order valence-electron chi connectivity index (χ0n) is 13.5. The molecular weight excluding hydrogens is 272 g/mol. The number of carbonyl (C=O) groups is 2. The van der Waals surface area contributed by atoms with Crippen LogP contribution in [-0.2, 0) is 9.53 Å². The Morgan fingerprint density at radius 1 is 1.33 bits per heavy atom. The van der Waals surface area contributed by atoms with Crippen LogP contribution in [0, 0.1) is 5.41 Å². The average molecular weight is 300 g/mol. The van der Waals surface area contributed by atoms with E-state index in [0.717, 1.165) is 12.8 Å². The number of urea groups is 1. The van der Waals surface area contributed by atoms with E-state index in [-0.39, 0.29) is 24.2 Å².